The molecule has 1 N–H and O–H groups in total. The molecule has 0 amide bonds. The first-order valence-corrected chi connectivity index (χ1v) is 11.5. The number of aromatic nitrogens is 3. The van der Waals surface area contributed by atoms with E-state index in [4.69, 9.17) is 0 Å². The van der Waals surface area contributed by atoms with Crippen LogP contribution in [0.25, 0.3) is 5.82 Å². The number of aromatic amines is 1. The molecule has 1 aliphatic carbocycles. The van der Waals surface area contributed by atoms with Crippen molar-refractivity contribution >= 4 is 10.0 Å². The predicted molar refractivity (Wildman–Crippen MR) is 107 cm³/mol. The lowest BCUT2D eigenvalue weighted by Crippen LogP contribution is -2.42. The fourth-order valence-electron chi connectivity index (χ4n) is 4.55. The highest BCUT2D eigenvalue weighted by molar-refractivity contribution is 7.89. The lowest BCUT2D eigenvalue weighted by atomic mass is 9.89. The van der Waals surface area contributed by atoms with Crippen LogP contribution >= 0.6 is 0 Å². The van der Waals surface area contributed by atoms with Crippen LogP contribution in [0.1, 0.15) is 44.9 Å². The number of sulfonamides is 1. The Bertz CT molecular complexity index is 1010. The molecule has 2 aromatic heterocycles. The molecule has 8 heteroatoms. The Balaban J connectivity index is 1.62. The smallest absolute Gasteiger partial charge is 0.276 e. The maximum Gasteiger partial charge on any atom is 0.276 e. The second kappa shape index (κ2) is 7.15. The molecular weight excluding hydrogens is 376 g/mol. The largest absolute Gasteiger partial charge is 0.293 e. The van der Waals surface area contributed by atoms with Gasteiger partial charge >= 0.3 is 0 Å². The minimum absolute atomic E-state index is 0.0799. The molecule has 1 aliphatic heterocycles. The number of rotatable bonds is 3. The Labute approximate surface area is 165 Å². The average Bonchev–Trinajstić information content (AvgIpc) is 2.97. The number of nitrogens with zero attached hydrogens (tertiary/aromatic N) is 3. The SMILES string of the molecule is CC1CCc2c([nH]n(-c3ccc(S(=O)(=O)N4C[C@H](C)C[C@H](C)C4)cn3)c2=O)C1. The molecule has 3 heterocycles. The summed E-state index contributed by atoms with van der Waals surface area (Å²) in [5, 5.41) is 3.16. The molecule has 2 aliphatic rings. The number of H-pyrrole nitrogens is 1. The van der Waals surface area contributed by atoms with Gasteiger partial charge in [-0.25, -0.2) is 18.1 Å². The highest BCUT2D eigenvalue weighted by atomic mass is 32.2. The van der Waals surface area contributed by atoms with Gasteiger partial charge in [-0.1, -0.05) is 20.8 Å². The van der Waals surface area contributed by atoms with Crippen molar-refractivity contribution in [1.82, 2.24) is 19.1 Å². The second-order valence-corrected chi connectivity index (χ2v) is 10.6. The van der Waals surface area contributed by atoms with Crippen LogP contribution in [0.3, 0.4) is 0 Å². The zero-order valence-electron chi connectivity index (χ0n) is 16.7. The summed E-state index contributed by atoms with van der Waals surface area (Å²) in [6.07, 6.45) is 5.05. The lowest BCUT2D eigenvalue weighted by molar-refractivity contribution is 0.222. The molecule has 7 nitrogen and oxygen atoms in total. The minimum atomic E-state index is -3.57. The van der Waals surface area contributed by atoms with Crippen LogP contribution in [0.15, 0.2) is 28.0 Å². The number of piperidine rings is 1. The first-order chi connectivity index (χ1) is 13.3. The van der Waals surface area contributed by atoms with Gasteiger partial charge in [0.25, 0.3) is 5.56 Å². The molecule has 1 unspecified atom stereocenters. The van der Waals surface area contributed by atoms with Gasteiger partial charge in [-0.3, -0.25) is 9.89 Å². The zero-order valence-corrected chi connectivity index (χ0v) is 17.5. The molecule has 3 atom stereocenters. The summed E-state index contributed by atoms with van der Waals surface area (Å²) in [6, 6.07) is 3.16. The Kier molecular flexibility index (Phi) is 4.95. The van der Waals surface area contributed by atoms with E-state index in [1.54, 1.807) is 16.4 Å². The second-order valence-electron chi connectivity index (χ2n) is 8.68. The molecule has 28 heavy (non-hydrogen) atoms. The molecule has 0 spiro atoms. The lowest BCUT2D eigenvalue weighted by Gasteiger charge is -2.33. The topological polar surface area (TPSA) is 88.1 Å². The van der Waals surface area contributed by atoms with Crippen LogP contribution in [0.4, 0.5) is 0 Å². The molecule has 0 aromatic carbocycles. The van der Waals surface area contributed by atoms with E-state index in [1.807, 2.05) is 0 Å². The molecule has 0 saturated carbocycles. The van der Waals surface area contributed by atoms with Crippen LogP contribution in [-0.4, -0.2) is 40.6 Å². The van der Waals surface area contributed by atoms with Crippen LogP contribution in [0, 0.1) is 17.8 Å². The minimum Gasteiger partial charge on any atom is -0.293 e. The quantitative estimate of drug-likeness (QED) is 0.851. The summed E-state index contributed by atoms with van der Waals surface area (Å²) in [7, 11) is -3.57. The van der Waals surface area contributed by atoms with Crippen LogP contribution in [0.2, 0.25) is 0 Å². The van der Waals surface area contributed by atoms with Crippen molar-refractivity contribution in [3.05, 3.63) is 39.9 Å². The predicted octanol–water partition coefficient (Wildman–Crippen LogP) is 2.35. The molecule has 1 fully saturated rings. The summed E-state index contributed by atoms with van der Waals surface area (Å²) in [5.41, 5.74) is 1.72. The van der Waals surface area contributed by atoms with E-state index in [-0.39, 0.29) is 10.5 Å². The van der Waals surface area contributed by atoms with E-state index >= 15 is 0 Å². The van der Waals surface area contributed by atoms with Gasteiger partial charge in [-0.05, 0) is 55.6 Å². The Morgan fingerprint density at radius 3 is 2.46 bits per heavy atom. The van der Waals surface area contributed by atoms with Crippen LogP contribution in [0.5, 0.6) is 0 Å². The van der Waals surface area contributed by atoms with E-state index < -0.39 is 10.0 Å². The number of fused-ring (bicyclic) bond motifs is 1. The maximum atomic E-state index is 13.0. The maximum absolute atomic E-state index is 13.0. The fourth-order valence-corrected chi connectivity index (χ4v) is 6.18. The third-order valence-electron chi connectivity index (χ3n) is 5.93. The Morgan fingerprint density at radius 1 is 1.11 bits per heavy atom. The molecule has 0 radical (unpaired) electrons. The van der Waals surface area contributed by atoms with Crippen molar-refractivity contribution in [2.75, 3.05) is 13.1 Å². The molecule has 152 valence electrons. The van der Waals surface area contributed by atoms with Gasteiger partial charge < -0.3 is 0 Å². The van der Waals surface area contributed by atoms with E-state index in [2.05, 4.69) is 30.9 Å². The first-order valence-electron chi connectivity index (χ1n) is 10.0. The summed E-state index contributed by atoms with van der Waals surface area (Å²) < 4.78 is 29.0. The molecule has 0 bridgehead atoms. The van der Waals surface area contributed by atoms with Gasteiger partial charge in [0, 0.05) is 30.5 Å². The molecule has 4 rings (SSSR count). The van der Waals surface area contributed by atoms with Crippen molar-refractivity contribution < 1.29 is 8.42 Å². The number of hydrogen-bond donors (Lipinski definition) is 1. The van der Waals surface area contributed by atoms with Crippen LogP contribution < -0.4 is 5.56 Å². The van der Waals surface area contributed by atoms with E-state index in [0.717, 1.165) is 36.9 Å². The first kappa shape index (κ1) is 19.4. The average molecular weight is 405 g/mol. The summed E-state index contributed by atoms with van der Waals surface area (Å²) in [5.74, 6) is 1.66. The Morgan fingerprint density at radius 2 is 1.82 bits per heavy atom. The van der Waals surface area contributed by atoms with Crippen molar-refractivity contribution in [3.8, 4) is 5.82 Å². The van der Waals surface area contributed by atoms with Gasteiger partial charge in [0.2, 0.25) is 10.0 Å². The van der Waals surface area contributed by atoms with E-state index in [0.29, 0.717) is 36.7 Å². The molecule has 1 saturated heterocycles. The van der Waals surface area contributed by atoms with Gasteiger partial charge in [0.05, 0.1) is 0 Å². The van der Waals surface area contributed by atoms with E-state index in [1.165, 1.54) is 10.9 Å². The highest BCUT2D eigenvalue weighted by Gasteiger charge is 2.32. The summed E-state index contributed by atoms with van der Waals surface area (Å²) in [6.45, 7) is 7.42. The standard InChI is InChI=1S/C20H28N4O3S/c1-13-4-6-17-18(9-13)22-24(20(17)25)19-7-5-16(10-21-19)28(26,27)23-11-14(2)8-15(3)12-23/h5,7,10,13-15,22H,4,6,8-9,11-12H2,1-3H3/t13?,14-,15+. The number of pyridine rings is 1. The monoisotopic (exact) mass is 404 g/mol. The van der Waals surface area contributed by atoms with Gasteiger partial charge in [0.15, 0.2) is 5.82 Å². The number of hydrogen-bond acceptors (Lipinski definition) is 4. The Hall–Kier alpha value is -1.93. The van der Waals surface area contributed by atoms with Crippen molar-refractivity contribution in [3.63, 3.8) is 0 Å². The van der Waals surface area contributed by atoms with Crippen molar-refractivity contribution in [1.29, 1.82) is 0 Å². The van der Waals surface area contributed by atoms with Crippen molar-refractivity contribution in [2.45, 2.75) is 51.3 Å². The van der Waals surface area contributed by atoms with Gasteiger partial charge in [-0.15, -0.1) is 0 Å². The summed E-state index contributed by atoms with van der Waals surface area (Å²) >= 11 is 0. The summed E-state index contributed by atoms with van der Waals surface area (Å²) in [4.78, 5) is 17.2. The van der Waals surface area contributed by atoms with Crippen molar-refractivity contribution in [2.24, 2.45) is 17.8 Å². The van der Waals surface area contributed by atoms with Gasteiger partial charge in [0.1, 0.15) is 4.90 Å². The third-order valence-corrected chi connectivity index (χ3v) is 7.75. The number of nitrogens with one attached hydrogen (secondary N) is 1. The molecular formula is C20H28N4O3S. The fraction of sp³-hybridized carbons (Fsp3) is 0.600. The highest BCUT2D eigenvalue weighted by Crippen LogP contribution is 2.27. The van der Waals surface area contributed by atoms with E-state index in [9.17, 15) is 13.2 Å². The molecule has 2 aromatic rings. The zero-order chi connectivity index (χ0) is 20.1. The normalized spacial score (nSPS) is 26.2. The van der Waals surface area contributed by atoms with Crippen LogP contribution in [-0.2, 0) is 22.9 Å². The van der Waals surface area contributed by atoms with Gasteiger partial charge in [-0.2, -0.15) is 4.31 Å². The third kappa shape index (κ3) is 3.43.